The summed E-state index contributed by atoms with van der Waals surface area (Å²) in [7, 11) is 0. The van der Waals surface area contributed by atoms with E-state index in [9.17, 15) is 24.8 Å². The lowest BCUT2D eigenvalue weighted by Crippen LogP contribution is -2.29. The molecule has 0 unspecified atom stereocenters. The standard InChI is InChI=1S/C23H15BrN2O5/c24-16-9-11-17(12-10-16)25-20(15-7-4-8-18(13-15)26(30)31)19(22(28)23(25)29)21(27)14-5-2-1-3-6-14/h1-13,20,27H/t20-/m1/s1. The molecule has 1 aliphatic heterocycles. The first-order chi connectivity index (χ1) is 14.9. The fourth-order valence-electron chi connectivity index (χ4n) is 3.58. The van der Waals surface area contributed by atoms with Crippen LogP contribution in [0.4, 0.5) is 11.4 Å². The van der Waals surface area contributed by atoms with Crippen LogP contribution in [0.25, 0.3) is 5.76 Å². The Balaban J connectivity index is 1.97. The summed E-state index contributed by atoms with van der Waals surface area (Å²) < 4.78 is 0.781. The van der Waals surface area contributed by atoms with Crippen molar-refractivity contribution in [1.29, 1.82) is 0 Å². The van der Waals surface area contributed by atoms with Gasteiger partial charge in [0.1, 0.15) is 5.76 Å². The molecule has 31 heavy (non-hydrogen) atoms. The van der Waals surface area contributed by atoms with Crippen molar-refractivity contribution in [2.45, 2.75) is 6.04 Å². The predicted octanol–water partition coefficient (Wildman–Crippen LogP) is 4.98. The number of hydrogen-bond donors (Lipinski definition) is 1. The largest absolute Gasteiger partial charge is 0.507 e. The third-order valence-electron chi connectivity index (χ3n) is 4.99. The summed E-state index contributed by atoms with van der Waals surface area (Å²) in [4.78, 5) is 38.1. The first-order valence-electron chi connectivity index (χ1n) is 9.25. The number of ketones is 1. The lowest BCUT2D eigenvalue weighted by atomic mass is 9.95. The van der Waals surface area contributed by atoms with Gasteiger partial charge in [-0.15, -0.1) is 0 Å². The van der Waals surface area contributed by atoms with Crippen LogP contribution >= 0.6 is 15.9 Å². The van der Waals surface area contributed by atoms with Gasteiger partial charge in [0.2, 0.25) is 0 Å². The van der Waals surface area contributed by atoms with Crippen molar-refractivity contribution in [3.05, 3.63) is 110 Å². The molecule has 0 aliphatic carbocycles. The predicted molar refractivity (Wildman–Crippen MR) is 118 cm³/mol. The normalized spacial score (nSPS) is 17.7. The number of benzene rings is 3. The summed E-state index contributed by atoms with van der Waals surface area (Å²) in [6.45, 7) is 0. The van der Waals surface area contributed by atoms with Crippen LogP contribution in [0, 0.1) is 10.1 Å². The Morgan fingerprint density at radius 1 is 0.968 bits per heavy atom. The zero-order valence-corrected chi connectivity index (χ0v) is 17.5. The Morgan fingerprint density at radius 3 is 2.29 bits per heavy atom. The van der Waals surface area contributed by atoms with Crippen molar-refractivity contribution in [2.75, 3.05) is 4.90 Å². The van der Waals surface area contributed by atoms with E-state index < -0.39 is 22.7 Å². The summed E-state index contributed by atoms with van der Waals surface area (Å²) in [5.74, 6) is -2.02. The number of carbonyl (C=O) groups excluding carboxylic acids is 2. The molecule has 0 radical (unpaired) electrons. The van der Waals surface area contributed by atoms with E-state index in [1.54, 1.807) is 60.7 Å². The van der Waals surface area contributed by atoms with Gasteiger partial charge in [0.25, 0.3) is 17.4 Å². The molecule has 1 amide bonds. The molecule has 3 aromatic carbocycles. The van der Waals surface area contributed by atoms with Gasteiger partial charge in [-0.2, -0.15) is 0 Å². The monoisotopic (exact) mass is 478 g/mol. The number of non-ortho nitro benzene ring substituents is 1. The Bertz CT molecular complexity index is 1220. The number of nitrogens with zero attached hydrogens (tertiary/aromatic N) is 2. The summed E-state index contributed by atoms with van der Waals surface area (Å²) >= 11 is 3.34. The van der Waals surface area contributed by atoms with E-state index in [-0.39, 0.29) is 17.0 Å². The molecule has 1 fully saturated rings. The van der Waals surface area contributed by atoms with E-state index in [2.05, 4.69) is 15.9 Å². The van der Waals surface area contributed by atoms with Crippen molar-refractivity contribution in [3.8, 4) is 0 Å². The molecule has 1 N–H and O–H groups in total. The number of rotatable bonds is 4. The van der Waals surface area contributed by atoms with Gasteiger partial charge in [0.15, 0.2) is 0 Å². The molecule has 154 valence electrons. The first-order valence-corrected chi connectivity index (χ1v) is 10.0. The summed E-state index contributed by atoms with van der Waals surface area (Å²) in [6, 6.07) is 19.8. The Morgan fingerprint density at radius 2 is 1.65 bits per heavy atom. The molecule has 3 aromatic rings. The van der Waals surface area contributed by atoms with Crippen LogP contribution in [0.5, 0.6) is 0 Å². The molecule has 1 atom stereocenters. The summed E-state index contributed by atoms with van der Waals surface area (Å²) in [6.07, 6.45) is 0. The van der Waals surface area contributed by atoms with Gasteiger partial charge in [-0.1, -0.05) is 58.4 Å². The van der Waals surface area contributed by atoms with Crippen molar-refractivity contribution in [1.82, 2.24) is 0 Å². The van der Waals surface area contributed by atoms with Crippen LogP contribution in [-0.4, -0.2) is 21.7 Å². The minimum Gasteiger partial charge on any atom is -0.507 e. The number of Topliss-reactive ketones (excluding diaryl/α,β-unsaturated/α-hetero) is 1. The molecule has 1 saturated heterocycles. The first kappa shape index (κ1) is 20.5. The highest BCUT2D eigenvalue weighted by Gasteiger charge is 2.47. The highest BCUT2D eigenvalue weighted by Crippen LogP contribution is 2.42. The quantitative estimate of drug-likeness (QED) is 0.187. The van der Waals surface area contributed by atoms with Crippen LogP contribution in [0.1, 0.15) is 17.2 Å². The maximum atomic E-state index is 13.0. The third-order valence-corrected chi connectivity index (χ3v) is 5.52. The minimum atomic E-state index is -1.03. The highest BCUT2D eigenvalue weighted by molar-refractivity contribution is 9.10. The lowest BCUT2D eigenvalue weighted by molar-refractivity contribution is -0.384. The van der Waals surface area contributed by atoms with E-state index >= 15 is 0 Å². The molecular formula is C23H15BrN2O5. The molecule has 4 rings (SSSR count). The van der Waals surface area contributed by atoms with Gasteiger partial charge < -0.3 is 5.11 Å². The summed E-state index contributed by atoms with van der Waals surface area (Å²) in [5.41, 5.74) is 0.827. The van der Waals surface area contributed by atoms with Crippen molar-refractivity contribution >= 4 is 44.8 Å². The molecule has 1 aliphatic rings. The molecule has 0 spiro atoms. The number of amides is 1. The van der Waals surface area contributed by atoms with Crippen LogP contribution in [0.3, 0.4) is 0 Å². The molecule has 0 saturated carbocycles. The van der Waals surface area contributed by atoms with Crippen LogP contribution in [0.15, 0.2) is 88.9 Å². The Kier molecular flexibility index (Phi) is 5.39. The van der Waals surface area contributed by atoms with Crippen LogP contribution in [-0.2, 0) is 9.59 Å². The Labute approximate surface area is 185 Å². The fraction of sp³-hybridized carbons (Fsp3) is 0.0435. The van der Waals surface area contributed by atoms with Gasteiger partial charge in [-0.25, -0.2) is 0 Å². The van der Waals surface area contributed by atoms with Crippen molar-refractivity contribution < 1.29 is 19.6 Å². The number of aliphatic hydroxyl groups excluding tert-OH is 1. The van der Waals surface area contributed by atoms with E-state index in [1.165, 1.54) is 23.1 Å². The molecule has 7 nitrogen and oxygen atoms in total. The fourth-order valence-corrected chi connectivity index (χ4v) is 3.84. The van der Waals surface area contributed by atoms with Crippen molar-refractivity contribution in [2.24, 2.45) is 0 Å². The zero-order valence-electron chi connectivity index (χ0n) is 15.9. The second-order valence-electron chi connectivity index (χ2n) is 6.86. The number of hydrogen-bond acceptors (Lipinski definition) is 5. The SMILES string of the molecule is O=C1C(=O)N(c2ccc(Br)cc2)[C@H](c2cccc([N+](=O)[O-])c2)C1=C(O)c1ccccc1. The number of nitro groups is 1. The molecule has 0 bridgehead atoms. The number of carbonyl (C=O) groups is 2. The molecule has 0 aromatic heterocycles. The smallest absolute Gasteiger partial charge is 0.300 e. The molecule has 8 heteroatoms. The van der Waals surface area contributed by atoms with Crippen LogP contribution < -0.4 is 4.90 Å². The molecular weight excluding hydrogens is 464 g/mol. The van der Waals surface area contributed by atoms with E-state index in [0.29, 0.717) is 16.8 Å². The number of anilines is 1. The van der Waals surface area contributed by atoms with Gasteiger partial charge >= 0.3 is 0 Å². The maximum absolute atomic E-state index is 13.0. The number of nitro benzene ring substituents is 1. The summed E-state index contributed by atoms with van der Waals surface area (Å²) in [5, 5.41) is 22.3. The minimum absolute atomic E-state index is 0.125. The second-order valence-corrected chi connectivity index (χ2v) is 7.78. The molecule has 1 heterocycles. The van der Waals surface area contributed by atoms with E-state index in [0.717, 1.165) is 4.47 Å². The number of halogens is 1. The van der Waals surface area contributed by atoms with Gasteiger partial charge in [0, 0.05) is 27.9 Å². The van der Waals surface area contributed by atoms with E-state index in [1.807, 2.05) is 0 Å². The van der Waals surface area contributed by atoms with Crippen LogP contribution in [0.2, 0.25) is 0 Å². The van der Waals surface area contributed by atoms with Gasteiger partial charge in [-0.05, 0) is 29.8 Å². The van der Waals surface area contributed by atoms with Gasteiger partial charge in [-0.3, -0.25) is 24.6 Å². The maximum Gasteiger partial charge on any atom is 0.300 e. The van der Waals surface area contributed by atoms with E-state index in [4.69, 9.17) is 0 Å². The topological polar surface area (TPSA) is 101 Å². The average molecular weight is 479 g/mol. The second kappa shape index (κ2) is 8.16. The Hall–Kier alpha value is -3.78. The van der Waals surface area contributed by atoms with Gasteiger partial charge in [0.05, 0.1) is 16.5 Å². The zero-order chi connectivity index (χ0) is 22.1. The van der Waals surface area contributed by atoms with Crippen molar-refractivity contribution in [3.63, 3.8) is 0 Å². The average Bonchev–Trinajstić information content (AvgIpc) is 3.05. The third kappa shape index (κ3) is 3.73. The highest BCUT2D eigenvalue weighted by atomic mass is 79.9. The lowest BCUT2D eigenvalue weighted by Gasteiger charge is -2.25. The number of aliphatic hydroxyl groups is 1.